The number of hydrogen-bond donors (Lipinski definition) is 1. The third-order valence-corrected chi connectivity index (χ3v) is 4.62. The Labute approximate surface area is 133 Å². The molecule has 0 unspecified atom stereocenters. The van der Waals surface area contributed by atoms with Gasteiger partial charge in [0, 0.05) is 32.4 Å². The minimum absolute atomic E-state index is 0.326. The van der Waals surface area contributed by atoms with Gasteiger partial charge in [-0.05, 0) is 37.3 Å². The molecule has 122 valence electrons. The maximum atomic E-state index is 5.95. The highest BCUT2D eigenvalue weighted by atomic mass is 16.5. The van der Waals surface area contributed by atoms with Crippen LogP contribution in [-0.2, 0) is 27.4 Å². The molecule has 1 aromatic rings. The molecule has 0 spiro atoms. The van der Waals surface area contributed by atoms with Gasteiger partial charge in [0.2, 0.25) is 0 Å². The zero-order valence-electron chi connectivity index (χ0n) is 13.4. The minimum atomic E-state index is 0.326. The molecule has 22 heavy (non-hydrogen) atoms. The van der Waals surface area contributed by atoms with Gasteiger partial charge in [-0.25, -0.2) is 0 Å². The van der Waals surface area contributed by atoms with Crippen molar-refractivity contribution in [2.24, 2.45) is 0 Å². The first-order valence-corrected chi connectivity index (χ1v) is 8.43. The van der Waals surface area contributed by atoms with E-state index in [0.717, 1.165) is 45.6 Å². The number of rotatable bonds is 6. The number of hydrogen-bond acceptors (Lipinski definition) is 4. The van der Waals surface area contributed by atoms with Gasteiger partial charge in [0.05, 0.1) is 18.8 Å². The van der Waals surface area contributed by atoms with Crippen LogP contribution in [-0.4, -0.2) is 38.1 Å². The van der Waals surface area contributed by atoms with Crippen LogP contribution in [0.3, 0.4) is 0 Å². The smallest absolute Gasteiger partial charge is 0.0720 e. The van der Waals surface area contributed by atoms with Gasteiger partial charge in [-0.2, -0.15) is 0 Å². The Morgan fingerprint density at radius 3 is 2.45 bits per heavy atom. The van der Waals surface area contributed by atoms with E-state index in [1.807, 2.05) is 0 Å². The molecule has 1 N–H and O–H groups in total. The quantitative estimate of drug-likeness (QED) is 0.877. The average Bonchev–Trinajstić information content (AvgIpc) is 2.98. The average molecular weight is 305 g/mol. The fraction of sp³-hybridized carbons (Fsp3) is 0.667. The fourth-order valence-corrected chi connectivity index (χ4v) is 3.06. The maximum absolute atomic E-state index is 5.95. The molecule has 1 aromatic carbocycles. The van der Waals surface area contributed by atoms with E-state index in [1.54, 1.807) is 0 Å². The van der Waals surface area contributed by atoms with Crippen molar-refractivity contribution in [2.45, 2.75) is 57.6 Å². The molecular weight excluding hydrogens is 278 g/mol. The van der Waals surface area contributed by atoms with Crippen molar-refractivity contribution in [3.8, 4) is 0 Å². The SMILES string of the molecule is C[C@@H]1OCC[C@@H]1NCc1ccc(COC2CCOCC2)cc1. The summed E-state index contributed by atoms with van der Waals surface area (Å²) in [7, 11) is 0. The first kappa shape index (κ1) is 15.9. The first-order chi connectivity index (χ1) is 10.8. The van der Waals surface area contributed by atoms with Crippen molar-refractivity contribution >= 4 is 0 Å². The summed E-state index contributed by atoms with van der Waals surface area (Å²) in [5, 5.41) is 3.58. The van der Waals surface area contributed by atoms with Crippen molar-refractivity contribution in [3.05, 3.63) is 35.4 Å². The highest BCUT2D eigenvalue weighted by molar-refractivity contribution is 5.22. The highest BCUT2D eigenvalue weighted by Crippen LogP contribution is 2.15. The van der Waals surface area contributed by atoms with Crippen LogP contribution in [0.5, 0.6) is 0 Å². The number of benzene rings is 1. The zero-order valence-corrected chi connectivity index (χ0v) is 13.4. The van der Waals surface area contributed by atoms with Crippen LogP contribution in [0.15, 0.2) is 24.3 Å². The molecule has 0 saturated carbocycles. The third-order valence-electron chi connectivity index (χ3n) is 4.62. The number of ether oxygens (including phenoxy) is 3. The summed E-state index contributed by atoms with van der Waals surface area (Å²) in [5.74, 6) is 0. The largest absolute Gasteiger partial charge is 0.381 e. The molecule has 2 saturated heterocycles. The van der Waals surface area contributed by atoms with Crippen molar-refractivity contribution in [2.75, 3.05) is 19.8 Å². The summed E-state index contributed by atoms with van der Waals surface area (Å²) in [5.41, 5.74) is 2.56. The summed E-state index contributed by atoms with van der Waals surface area (Å²) in [6.07, 6.45) is 3.83. The molecule has 2 aliphatic rings. The van der Waals surface area contributed by atoms with E-state index in [0.29, 0.717) is 24.9 Å². The summed E-state index contributed by atoms with van der Waals surface area (Å²) in [6, 6.07) is 9.21. The van der Waals surface area contributed by atoms with Gasteiger partial charge in [-0.1, -0.05) is 24.3 Å². The topological polar surface area (TPSA) is 39.7 Å². The molecule has 0 radical (unpaired) electrons. The Morgan fingerprint density at radius 2 is 1.77 bits per heavy atom. The van der Waals surface area contributed by atoms with Crippen LogP contribution in [0.1, 0.15) is 37.3 Å². The Balaban J connectivity index is 1.41. The summed E-state index contributed by atoms with van der Waals surface area (Å²) in [6.45, 7) is 6.28. The van der Waals surface area contributed by atoms with E-state index < -0.39 is 0 Å². The van der Waals surface area contributed by atoms with E-state index >= 15 is 0 Å². The maximum Gasteiger partial charge on any atom is 0.0720 e. The van der Waals surface area contributed by atoms with Crippen molar-refractivity contribution < 1.29 is 14.2 Å². The van der Waals surface area contributed by atoms with Crippen LogP contribution in [0.2, 0.25) is 0 Å². The second kappa shape index (κ2) is 8.06. The third kappa shape index (κ3) is 4.53. The van der Waals surface area contributed by atoms with Crippen LogP contribution in [0, 0.1) is 0 Å². The summed E-state index contributed by atoms with van der Waals surface area (Å²) < 4.78 is 16.9. The molecule has 3 rings (SSSR count). The lowest BCUT2D eigenvalue weighted by atomic mass is 10.1. The molecule has 0 aliphatic carbocycles. The Morgan fingerprint density at radius 1 is 1.05 bits per heavy atom. The molecule has 2 heterocycles. The molecule has 2 aliphatic heterocycles. The lowest BCUT2D eigenvalue weighted by Crippen LogP contribution is -2.34. The van der Waals surface area contributed by atoms with Gasteiger partial charge in [-0.3, -0.25) is 0 Å². The van der Waals surface area contributed by atoms with Crippen molar-refractivity contribution in [3.63, 3.8) is 0 Å². The molecule has 4 heteroatoms. The van der Waals surface area contributed by atoms with E-state index in [9.17, 15) is 0 Å². The lowest BCUT2D eigenvalue weighted by molar-refractivity contribution is -0.0390. The molecule has 4 nitrogen and oxygen atoms in total. The van der Waals surface area contributed by atoms with Crippen molar-refractivity contribution in [1.82, 2.24) is 5.32 Å². The van der Waals surface area contributed by atoms with Crippen LogP contribution >= 0.6 is 0 Å². The second-order valence-electron chi connectivity index (χ2n) is 6.29. The Hall–Kier alpha value is -0.940. The standard InChI is InChI=1S/C18H27NO3/c1-14-18(8-11-21-14)19-12-15-2-4-16(5-3-15)13-22-17-6-9-20-10-7-17/h2-5,14,17-19H,6-13H2,1H3/t14-,18-/m0/s1. The predicted octanol–water partition coefficient (Wildman–Crippen LogP) is 2.65. The van der Waals surface area contributed by atoms with E-state index in [2.05, 4.69) is 36.5 Å². The van der Waals surface area contributed by atoms with Crippen LogP contribution < -0.4 is 5.32 Å². The van der Waals surface area contributed by atoms with Crippen LogP contribution in [0.25, 0.3) is 0 Å². The minimum Gasteiger partial charge on any atom is -0.381 e. The van der Waals surface area contributed by atoms with Crippen molar-refractivity contribution in [1.29, 1.82) is 0 Å². The monoisotopic (exact) mass is 305 g/mol. The molecule has 2 fully saturated rings. The Kier molecular flexibility index (Phi) is 5.84. The summed E-state index contributed by atoms with van der Waals surface area (Å²) >= 11 is 0. The highest BCUT2D eigenvalue weighted by Gasteiger charge is 2.23. The predicted molar refractivity (Wildman–Crippen MR) is 85.7 cm³/mol. The second-order valence-corrected chi connectivity index (χ2v) is 6.29. The zero-order chi connectivity index (χ0) is 15.2. The van der Waals surface area contributed by atoms with Gasteiger partial charge in [0.25, 0.3) is 0 Å². The van der Waals surface area contributed by atoms with E-state index in [1.165, 1.54) is 11.1 Å². The molecular formula is C18H27NO3. The van der Waals surface area contributed by atoms with Gasteiger partial charge in [0.1, 0.15) is 0 Å². The fourth-order valence-electron chi connectivity index (χ4n) is 3.06. The van der Waals surface area contributed by atoms with Gasteiger partial charge in [-0.15, -0.1) is 0 Å². The summed E-state index contributed by atoms with van der Waals surface area (Å²) in [4.78, 5) is 0. The van der Waals surface area contributed by atoms with Gasteiger partial charge >= 0.3 is 0 Å². The number of nitrogens with one attached hydrogen (secondary N) is 1. The lowest BCUT2D eigenvalue weighted by Gasteiger charge is -2.22. The van der Waals surface area contributed by atoms with Gasteiger partial charge < -0.3 is 19.5 Å². The van der Waals surface area contributed by atoms with Crippen LogP contribution in [0.4, 0.5) is 0 Å². The van der Waals surface area contributed by atoms with Gasteiger partial charge in [0.15, 0.2) is 0 Å². The van der Waals surface area contributed by atoms with E-state index in [4.69, 9.17) is 14.2 Å². The molecule has 0 amide bonds. The molecule has 0 aromatic heterocycles. The first-order valence-electron chi connectivity index (χ1n) is 8.43. The molecule has 2 atom stereocenters. The normalized spacial score (nSPS) is 26.4. The molecule has 0 bridgehead atoms. The van der Waals surface area contributed by atoms with E-state index in [-0.39, 0.29) is 0 Å². The Bertz CT molecular complexity index is 442.